The molecule has 0 saturated heterocycles. The second-order valence-electron chi connectivity index (χ2n) is 10.00. The highest BCUT2D eigenvalue weighted by Gasteiger charge is 2.16. The lowest BCUT2D eigenvalue weighted by molar-refractivity contribution is 0.648. The first-order chi connectivity index (χ1) is 18.0. The van der Waals surface area contributed by atoms with E-state index in [1.54, 1.807) is 0 Å². The minimum absolute atomic E-state index is 0.00467. The second-order valence-corrected chi connectivity index (χ2v) is 10.00. The molecule has 2 aromatic heterocycles. The van der Waals surface area contributed by atoms with Crippen molar-refractivity contribution < 1.29 is 8.83 Å². The second kappa shape index (κ2) is 9.04. The van der Waals surface area contributed by atoms with E-state index in [0.717, 1.165) is 41.5 Å². The number of para-hydroxylation sites is 2. The van der Waals surface area contributed by atoms with E-state index in [4.69, 9.17) is 8.83 Å². The zero-order valence-corrected chi connectivity index (χ0v) is 21.3. The lowest BCUT2D eigenvalue weighted by Gasteiger charge is -2.12. The van der Waals surface area contributed by atoms with Crippen LogP contribution in [0.25, 0.3) is 43.9 Å². The molecular weight excluding hydrogens is 460 g/mol. The van der Waals surface area contributed by atoms with Crippen molar-refractivity contribution in [3.05, 3.63) is 115 Å². The van der Waals surface area contributed by atoms with Crippen LogP contribution >= 0.6 is 0 Å². The fourth-order valence-electron chi connectivity index (χ4n) is 5.47. The van der Waals surface area contributed by atoms with Gasteiger partial charge in [-0.15, -0.1) is 0 Å². The van der Waals surface area contributed by atoms with Gasteiger partial charge >= 0.3 is 0 Å². The molecule has 0 atom stereocenters. The third kappa shape index (κ3) is 3.84. The Balaban J connectivity index is 1.40. The number of hydrogen-bond donors (Lipinski definition) is 0. The molecule has 0 bridgehead atoms. The Hall–Kier alpha value is -4.18. The SMILES string of the molecule is CCc1c(CCc2ccc3oc4c(C(C)C)cccc4c(=O)c3c2)ccc2oc3ccccc3c(=O)c12. The van der Waals surface area contributed by atoms with E-state index in [9.17, 15) is 9.59 Å². The van der Waals surface area contributed by atoms with Crippen molar-refractivity contribution in [2.24, 2.45) is 0 Å². The van der Waals surface area contributed by atoms with Crippen LogP contribution in [-0.2, 0) is 19.3 Å². The van der Waals surface area contributed by atoms with E-state index in [2.05, 4.69) is 26.8 Å². The number of rotatable bonds is 5. The van der Waals surface area contributed by atoms with Crippen LogP contribution in [0.5, 0.6) is 0 Å². The van der Waals surface area contributed by atoms with Gasteiger partial charge in [-0.3, -0.25) is 9.59 Å². The van der Waals surface area contributed by atoms with Crippen LogP contribution in [0.1, 0.15) is 48.9 Å². The standard InChI is InChI=1S/C33H28O4/c1-4-22-21(15-17-29-30(22)32(35)24-8-5-6-11-27(24)36-29)14-12-20-13-16-28-26(18-20)31(34)25-10-7-9-23(19(2)3)33(25)37-28/h5-11,13,15-19H,4,12,14H2,1-3H3. The number of aryl methyl sites for hydroxylation is 3. The lowest BCUT2D eigenvalue weighted by atomic mass is 9.94. The minimum atomic E-state index is 0.00467. The van der Waals surface area contributed by atoms with Crippen molar-refractivity contribution >= 4 is 43.9 Å². The van der Waals surface area contributed by atoms with Crippen LogP contribution in [0.3, 0.4) is 0 Å². The van der Waals surface area contributed by atoms with Gasteiger partial charge in [-0.25, -0.2) is 0 Å². The molecule has 6 rings (SSSR count). The molecular formula is C33H28O4. The molecule has 184 valence electrons. The topological polar surface area (TPSA) is 60.4 Å². The zero-order chi connectivity index (χ0) is 25.7. The first-order valence-corrected chi connectivity index (χ1v) is 12.9. The summed E-state index contributed by atoms with van der Waals surface area (Å²) in [5, 5.41) is 2.51. The zero-order valence-electron chi connectivity index (χ0n) is 21.3. The summed E-state index contributed by atoms with van der Waals surface area (Å²) < 4.78 is 12.3. The van der Waals surface area contributed by atoms with E-state index in [1.165, 1.54) is 0 Å². The summed E-state index contributed by atoms with van der Waals surface area (Å²) in [5.74, 6) is 0.263. The summed E-state index contributed by atoms with van der Waals surface area (Å²) >= 11 is 0. The summed E-state index contributed by atoms with van der Waals surface area (Å²) in [6.45, 7) is 6.28. The van der Waals surface area contributed by atoms with Gasteiger partial charge in [0.2, 0.25) is 10.9 Å². The molecule has 4 aromatic carbocycles. The normalized spacial score (nSPS) is 11.9. The first kappa shape index (κ1) is 23.2. The van der Waals surface area contributed by atoms with Crippen LogP contribution in [-0.4, -0.2) is 0 Å². The summed E-state index contributed by atoms with van der Waals surface area (Å²) in [4.78, 5) is 26.7. The molecule has 0 spiro atoms. The van der Waals surface area contributed by atoms with Crippen molar-refractivity contribution in [3.63, 3.8) is 0 Å². The largest absolute Gasteiger partial charge is 0.456 e. The van der Waals surface area contributed by atoms with Gasteiger partial charge in [0.05, 0.1) is 21.5 Å². The first-order valence-electron chi connectivity index (χ1n) is 12.9. The molecule has 0 unspecified atom stereocenters. The molecule has 0 N–H and O–H groups in total. The van der Waals surface area contributed by atoms with Gasteiger partial charge in [-0.2, -0.15) is 0 Å². The van der Waals surface area contributed by atoms with E-state index in [1.807, 2.05) is 66.7 Å². The molecule has 0 aliphatic heterocycles. The summed E-state index contributed by atoms with van der Waals surface area (Å²) in [6.07, 6.45) is 2.24. The van der Waals surface area contributed by atoms with Crippen molar-refractivity contribution in [1.29, 1.82) is 0 Å². The number of fused-ring (bicyclic) bond motifs is 4. The maximum Gasteiger partial charge on any atom is 0.200 e. The quantitative estimate of drug-likeness (QED) is 0.234. The molecule has 0 fully saturated rings. The van der Waals surface area contributed by atoms with Gasteiger partial charge in [-0.05, 0) is 83.8 Å². The van der Waals surface area contributed by atoms with Gasteiger partial charge in [0.15, 0.2) is 0 Å². The number of benzene rings is 4. The van der Waals surface area contributed by atoms with E-state index in [0.29, 0.717) is 43.9 Å². The summed E-state index contributed by atoms with van der Waals surface area (Å²) in [7, 11) is 0. The lowest BCUT2D eigenvalue weighted by Crippen LogP contribution is -2.08. The van der Waals surface area contributed by atoms with Crippen molar-refractivity contribution in [3.8, 4) is 0 Å². The highest BCUT2D eigenvalue weighted by Crippen LogP contribution is 2.28. The Morgan fingerprint density at radius 1 is 0.703 bits per heavy atom. The average Bonchev–Trinajstić information content (AvgIpc) is 2.91. The Bertz CT molecular complexity index is 1940. The molecule has 0 saturated carbocycles. The maximum atomic E-state index is 13.4. The van der Waals surface area contributed by atoms with Crippen molar-refractivity contribution in [2.75, 3.05) is 0 Å². The Morgan fingerprint density at radius 2 is 1.46 bits per heavy atom. The molecule has 6 aromatic rings. The molecule has 0 amide bonds. The Labute approximate surface area is 214 Å². The third-order valence-electron chi connectivity index (χ3n) is 7.40. The summed E-state index contributed by atoms with van der Waals surface area (Å²) in [5.41, 5.74) is 6.81. The van der Waals surface area contributed by atoms with Crippen molar-refractivity contribution in [1.82, 2.24) is 0 Å². The minimum Gasteiger partial charge on any atom is -0.456 e. The van der Waals surface area contributed by atoms with E-state index < -0.39 is 0 Å². The third-order valence-corrected chi connectivity index (χ3v) is 7.40. The molecule has 0 aliphatic rings. The van der Waals surface area contributed by atoms with Crippen LogP contribution in [0.2, 0.25) is 0 Å². The van der Waals surface area contributed by atoms with E-state index >= 15 is 0 Å². The predicted octanol–water partition coefficient (Wildman–Crippen LogP) is 7.68. The predicted molar refractivity (Wildman–Crippen MR) is 151 cm³/mol. The Morgan fingerprint density at radius 3 is 2.27 bits per heavy atom. The molecule has 2 heterocycles. The van der Waals surface area contributed by atoms with Crippen LogP contribution in [0.15, 0.2) is 91.2 Å². The van der Waals surface area contributed by atoms with Crippen LogP contribution < -0.4 is 10.9 Å². The number of hydrogen-bond acceptors (Lipinski definition) is 4. The maximum absolute atomic E-state index is 13.4. The molecule has 0 radical (unpaired) electrons. The highest BCUT2D eigenvalue weighted by molar-refractivity contribution is 5.93. The van der Waals surface area contributed by atoms with Gasteiger partial charge in [-0.1, -0.05) is 57.2 Å². The smallest absolute Gasteiger partial charge is 0.200 e. The van der Waals surface area contributed by atoms with Gasteiger partial charge in [0.1, 0.15) is 22.3 Å². The molecule has 4 heteroatoms. The molecule has 37 heavy (non-hydrogen) atoms. The highest BCUT2D eigenvalue weighted by atomic mass is 16.3. The van der Waals surface area contributed by atoms with Crippen molar-refractivity contribution in [2.45, 2.75) is 46.0 Å². The average molecular weight is 489 g/mol. The van der Waals surface area contributed by atoms with Crippen LogP contribution in [0, 0.1) is 0 Å². The van der Waals surface area contributed by atoms with Gasteiger partial charge in [0, 0.05) is 0 Å². The van der Waals surface area contributed by atoms with Crippen LogP contribution in [0.4, 0.5) is 0 Å². The summed E-state index contributed by atoms with van der Waals surface area (Å²) in [6, 6.07) is 23.1. The fraction of sp³-hybridized carbons (Fsp3) is 0.212. The van der Waals surface area contributed by atoms with E-state index in [-0.39, 0.29) is 16.8 Å². The molecule has 0 aliphatic carbocycles. The fourth-order valence-corrected chi connectivity index (χ4v) is 5.47. The van der Waals surface area contributed by atoms with Gasteiger partial charge < -0.3 is 8.83 Å². The Kier molecular flexibility index (Phi) is 5.68. The monoisotopic (exact) mass is 488 g/mol. The van der Waals surface area contributed by atoms with Gasteiger partial charge in [0.25, 0.3) is 0 Å². The molecule has 4 nitrogen and oxygen atoms in total.